The fourth-order valence-corrected chi connectivity index (χ4v) is 4.42. The summed E-state index contributed by atoms with van der Waals surface area (Å²) < 4.78 is 8.96. The first-order valence-electron chi connectivity index (χ1n) is 9.74. The lowest BCUT2D eigenvalue weighted by Gasteiger charge is -2.27. The average Bonchev–Trinajstić information content (AvgIpc) is 2.98. The molecule has 0 saturated carbocycles. The van der Waals surface area contributed by atoms with Gasteiger partial charge in [0, 0.05) is 46.4 Å². The molecule has 0 N–H and O–H groups in total. The summed E-state index contributed by atoms with van der Waals surface area (Å²) in [5.41, 5.74) is 4.94. The highest BCUT2D eigenvalue weighted by Gasteiger charge is 2.22. The van der Waals surface area contributed by atoms with Crippen LogP contribution in [-0.2, 0) is 11.3 Å². The molecule has 1 fully saturated rings. The molecule has 0 atom stereocenters. The number of carbonyl (C=O) groups excluding carboxylic acids is 1. The van der Waals surface area contributed by atoms with E-state index in [1.807, 2.05) is 31.2 Å². The second kappa shape index (κ2) is 8.35. The van der Waals surface area contributed by atoms with Gasteiger partial charge in [-0.1, -0.05) is 35.9 Å². The Hall–Kier alpha value is -1.70. The van der Waals surface area contributed by atoms with E-state index in [-0.39, 0.29) is 5.78 Å². The summed E-state index contributed by atoms with van der Waals surface area (Å²) in [5.74, 6) is 0.105. The number of hydrogen-bond donors (Lipinski definition) is 0. The number of halogens is 1. The Morgan fingerprint density at radius 3 is 2.46 bits per heavy atom. The van der Waals surface area contributed by atoms with E-state index in [0.717, 1.165) is 72.7 Å². The largest absolute Gasteiger partial charge is 0.379 e. The van der Waals surface area contributed by atoms with Crippen molar-refractivity contribution < 1.29 is 9.53 Å². The van der Waals surface area contributed by atoms with Crippen molar-refractivity contribution in [2.75, 3.05) is 32.8 Å². The second-order valence-electron chi connectivity index (χ2n) is 7.42. The molecule has 0 radical (unpaired) electrons. The topological polar surface area (TPSA) is 34.5 Å². The Bertz CT molecular complexity index is 1000. The van der Waals surface area contributed by atoms with Gasteiger partial charge in [0.2, 0.25) is 0 Å². The van der Waals surface area contributed by atoms with Crippen molar-refractivity contribution in [3.8, 4) is 0 Å². The lowest BCUT2D eigenvalue weighted by atomic mass is 10.00. The molecule has 3 aromatic rings. The number of nitrogens with zero attached hydrogens (tertiary/aromatic N) is 2. The van der Waals surface area contributed by atoms with E-state index < -0.39 is 0 Å². The Labute approximate surface area is 179 Å². The minimum absolute atomic E-state index is 0.105. The molecule has 2 heterocycles. The van der Waals surface area contributed by atoms with Gasteiger partial charge in [0.25, 0.3) is 0 Å². The summed E-state index contributed by atoms with van der Waals surface area (Å²) in [6.45, 7) is 9.53. The van der Waals surface area contributed by atoms with Crippen LogP contribution in [0.3, 0.4) is 0 Å². The number of rotatable bonds is 5. The lowest BCUT2D eigenvalue weighted by Crippen LogP contribution is -2.38. The van der Waals surface area contributed by atoms with Gasteiger partial charge in [0.15, 0.2) is 5.78 Å². The van der Waals surface area contributed by atoms with E-state index in [0.29, 0.717) is 0 Å². The van der Waals surface area contributed by atoms with Gasteiger partial charge in [-0.2, -0.15) is 0 Å². The highest BCUT2D eigenvalue weighted by molar-refractivity contribution is 14.1. The van der Waals surface area contributed by atoms with Gasteiger partial charge in [-0.05, 0) is 48.6 Å². The normalized spacial score (nSPS) is 15.2. The number of benzene rings is 2. The SMILES string of the molecule is Cc1ccc(C(=O)c2c(C)n(CCN3CCOCC3)c3cc(I)ccc23)cc1. The smallest absolute Gasteiger partial charge is 0.195 e. The number of ketones is 1. The second-order valence-corrected chi connectivity index (χ2v) is 8.67. The monoisotopic (exact) mass is 488 g/mol. The standard InChI is InChI=1S/C23H25IN2O2/c1-16-3-5-18(6-4-16)23(27)22-17(2)26(10-9-25-11-13-28-14-12-25)21-15-19(24)7-8-20(21)22/h3-8,15H,9-14H2,1-2H3. The molecule has 0 unspecified atom stereocenters. The number of hydrogen-bond acceptors (Lipinski definition) is 3. The van der Waals surface area contributed by atoms with Crippen LogP contribution in [0.2, 0.25) is 0 Å². The van der Waals surface area contributed by atoms with Crippen LogP contribution in [0, 0.1) is 17.4 Å². The molecule has 1 aliphatic heterocycles. The third-order valence-corrected chi connectivity index (χ3v) is 6.24. The minimum Gasteiger partial charge on any atom is -0.379 e. The molecule has 1 saturated heterocycles. The Morgan fingerprint density at radius 1 is 1.04 bits per heavy atom. The quantitative estimate of drug-likeness (QED) is 0.394. The highest BCUT2D eigenvalue weighted by atomic mass is 127. The highest BCUT2D eigenvalue weighted by Crippen LogP contribution is 2.29. The van der Waals surface area contributed by atoms with Crippen molar-refractivity contribution in [3.63, 3.8) is 0 Å². The number of aryl methyl sites for hydroxylation is 1. The van der Waals surface area contributed by atoms with Crippen LogP contribution in [0.1, 0.15) is 27.2 Å². The van der Waals surface area contributed by atoms with Crippen LogP contribution >= 0.6 is 22.6 Å². The van der Waals surface area contributed by atoms with E-state index in [2.05, 4.69) is 57.2 Å². The molecule has 146 valence electrons. The maximum absolute atomic E-state index is 13.4. The maximum Gasteiger partial charge on any atom is 0.195 e. The predicted octanol–water partition coefficient (Wildman–Crippen LogP) is 4.43. The number of aromatic nitrogens is 1. The van der Waals surface area contributed by atoms with Crippen molar-refractivity contribution >= 4 is 39.3 Å². The maximum atomic E-state index is 13.4. The molecule has 0 aliphatic carbocycles. The molecule has 5 heteroatoms. The average molecular weight is 488 g/mol. The van der Waals surface area contributed by atoms with Gasteiger partial charge in [-0.25, -0.2) is 0 Å². The zero-order valence-electron chi connectivity index (χ0n) is 16.4. The molecule has 2 aromatic carbocycles. The molecular formula is C23H25IN2O2. The summed E-state index contributed by atoms with van der Waals surface area (Å²) in [7, 11) is 0. The third-order valence-electron chi connectivity index (χ3n) is 5.57. The zero-order valence-corrected chi connectivity index (χ0v) is 18.5. The molecule has 0 bridgehead atoms. The van der Waals surface area contributed by atoms with Crippen molar-refractivity contribution in [1.82, 2.24) is 9.47 Å². The minimum atomic E-state index is 0.105. The number of ether oxygens (including phenoxy) is 1. The molecule has 1 aliphatic rings. The summed E-state index contributed by atoms with van der Waals surface area (Å²) in [6, 6.07) is 14.2. The molecule has 4 rings (SSSR count). The van der Waals surface area contributed by atoms with E-state index >= 15 is 0 Å². The molecule has 28 heavy (non-hydrogen) atoms. The Kier molecular flexibility index (Phi) is 5.85. The summed E-state index contributed by atoms with van der Waals surface area (Å²) in [6.07, 6.45) is 0. The molecule has 0 spiro atoms. The number of fused-ring (bicyclic) bond motifs is 1. The van der Waals surface area contributed by atoms with Crippen LogP contribution in [0.15, 0.2) is 42.5 Å². The first-order valence-corrected chi connectivity index (χ1v) is 10.8. The van der Waals surface area contributed by atoms with Gasteiger partial charge in [-0.3, -0.25) is 9.69 Å². The fraction of sp³-hybridized carbons (Fsp3) is 0.348. The van der Waals surface area contributed by atoms with E-state index in [1.54, 1.807) is 0 Å². The van der Waals surface area contributed by atoms with Crippen LogP contribution in [-0.4, -0.2) is 48.1 Å². The number of carbonyl (C=O) groups is 1. The predicted molar refractivity (Wildman–Crippen MR) is 121 cm³/mol. The number of morpholine rings is 1. The fourth-order valence-electron chi connectivity index (χ4n) is 3.94. The van der Waals surface area contributed by atoms with Gasteiger partial charge < -0.3 is 9.30 Å². The van der Waals surface area contributed by atoms with Gasteiger partial charge in [0.05, 0.1) is 24.3 Å². The first kappa shape index (κ1) is 19.6. The van der Waals surface area contributed by atoms with Gasteiger partial charge in [0.1, 0.15) is 0 Å². The molecule has 1 aromatic heterocycles. The zero-order chi connectivity index (χ0) is 19.7. The third kappa shape index (κ3) is 3.88. The van der Waals surface area contributed by atoms with Crippen molar-refractivity contribution in [2.24, 2.45) is 0 Å². The van der Waals surface area contributed by atoms with Crippen molar-refractivity contribution in [2.45, 2.75) is 20.4 Å². The Morgan fingerprint density at radius 2 is 1.75 bits per heavy atom. The van der Waals surface area contributed by atoms with E-state index in [4.69, 9.17) is 4.74 Å². The first-order chi connectivity index (χ1) is 13.5. The van der Waals surface area contributed by atoms with Crippen LogP contribution < -0.4 is 0 Å². The van der Waals surface area contributed by atoms with Crippen LogP contribution in [0.4, 0.5) is 0 Å². The van der Waals surface area contributed by atoms with Crippen LogP contribution in [0.25, 0.3) is 10.9 Å². The van der Waals surface area contributed by atoms with Gasteiger partial charge >= 0.3 is 0 Å². The summed E-state index contributed by atoms with van der Waals surface area (Å²) in [4.78, 5) is 15.8. The molecule has 0 amide bonds. The van der Waals surface area contributed by atoms with E-state index in [1.165, 1.54) is 3.57 Å². The molecular weight excluding hydrogens is 463 g/mol. The lowest BCUT2D eigenvalue weighted by molar-refractivity contribution is 0.0365. The Balaban J connectivity index is 1.73. The van der Waals surface area contributed by atoms with E-state index in [9.17, 15) is 4.79 Å². The summed E-state index contributed by atoms with van der Waals surface area (Å²) in [5, 5.41) is 1.05. The summed E-state index contributed by atoms with van der Waals surface area (Å²) >= 11 is 2.34. The van der Waals surface area contributed by atoms with Crippen molar-refractivity contribution in [1.29, 1.82) is 0 Å². The molecule has 4 nitrogen and oxygen atoms in total. The van der Waals surface area contributed by atoms with Gasteiger partial charge in [-0.15, -0.1) is 0 Å². The van der Waals surface area contributed by atoms with Crippen LogP contribution in [0.5, 0.6) is 0 Å². The van der Waals surface area contributed by atoms with Crippen molar-refractivity contribution in [3.05, 3.63) is 68.4 Å².